The van der Waals surface area contributed by atoms with Crippen LogP contribution in [0.1, 0.15) is 25.3 Å². The van der Waals surface area contributed by atoms with Crippen molar-refractivity contribution in [3.63, 3.8) is 0 Å². The second-order valence-electron chi connectivity index (χ2n) is 5.07. The van der Waals surface area contributed by atoms with E-state index in [1.807, 2.05) is 25.1 Å². The first kappa shape index (κ1) is 14.8. The van der Waals surface area contributed by atoms with E-state index in [4.69, 9.17) is 10.3 Å². The topological polar surface area (TPSA) is 90.3 Å². The number of hydrogen-bond donors (Lipinski definition) is 2. The molecule has 108 valence electrons. The van der Waals surface area contributed by atoms with Crippen LogP contribution in [0.2, 0.25) is 0 Å². The van der Waals surface area contributed by atoms with Crippen LogP contribution >= 0.6 is 0 Å². The average Bonchev–Trinajstić information content (AvgIpc) is 2.48. The van der Waals surface area contributed by atoms with Gasteiger partial charge in [0.2, 0.25) is 0 Å². The Morgan fingerprint density at radius 3 is 2.85 bits per heavy atom. The minimum atomic E-state index is -1.01. The van der Waals surface area contributed by atoms with Gasteiger partial charge in [-0.05, 0) is 30.9 Å². The van der Waals surface area contributed by atoms with Crippen molar-refractivity contribution in [2.24, 2.45) is 5.11 Å². The molecule has 0 bridgehead atoms. The van der Waals surface area contributed by atoms with Gasteiger partial charge >= 0.3 is 0 Å². The van der Waals surface area contributed by atoms with Crippen molar-refractivity contribution in [1.29, 1.82) is 0 Å². The van der Waals surface area contributed by atoms with Gasteiger partial charge in [0.25, 0.3) is 0 Å². The van der Waals surface area contributed by atoms with Gasteiger partial charge in [0.15, 0.2) is 6.29 Å². The molecular weight excluding hydrogens is 256 g/mol. The van der Waals surface area contributed by atoms with E-state index in [1.54, 1.807) is 0 Å². The van der Waals surface area contributed by atoms with Crippen molar-refractivity contribution in [2.75, 3.05) is 0 Å². The van der Waals surface area contributed by atoms with Crippen molar-refractivity contribution in [1.82, 2.24) is 5.32 Å². The minimum Gasteiger partial charge on any atom is -0.368 e. The Bertz CT molecular complexity index is 462. The molecule has 0 aromatic heterocycles. The maximum absolute atomic E-state index is 9.79. The lowest BCUT2D eigenvalue weighted by atomic mass is 9.99. The number of nitrogens with one attached hydrogen (secondary N) is 1. The Kier molecular flexibility index (Phi) is 5.38. The van der Waals surface area contributed by atoms with Crippen LogP contribution < -0.4 is 5.32 Å². The Balaban J connectivity index is 1.82. The van der Waals surface area contributed by atoms with E-state index in [0.29, 0.717) is 6.42 Å². The molecule has 6 nitrogen and oxygen atoms in total. The fourth-order valence-electron chi connectivity index (χ4n) is 2.37. The standard InChI is InChI=1S/C14H20N4O2/c1-10(16-9-11-5-3-2-4-6-11)13-8-7-12(17-18-15)14(19)20-13/h2-6,10,12-14,16,19H,7-9H2,1H3/t10-,12?,13+,14?/m1/s1. The van der Waals surface area contributed by atoms with E-state index in [-0.39, 0.29) is 12.1 Å². The summed E-state index contributed by atoms with van der Waals surface area (Å²) in [5.74, 6) is 0. The molecule has 1 saturated heterocycles. The summed E-state index contributed by atoms with van der Waals surface area (Å²) in [4.78, 5) is 2.73. The molecule has 4 atom stereocenters. The zero-order valence-corrected chi connectivity index (χ0v) is 11.5. The Labute approximate surface area is 118 Å². The SMILES string of the molecule is C[C@@H](NCc1ccccc1)[C@@H]1CCC(N=[N+]=[N-])C(O)O1. The molecule has 2 N–H and O–H groups in total. The lowest BCUT2D eigenvalue weighted by Crippen LogP contribution is -2.46. The average molecular weight is 276 g/mol. The van der Waals surface area contributed by atoms with Crippen LogP contribution in [0.15, 0.2) is 35.4 Å². The first-order valence-electron chi connectivity index (χ1n) is 6.85. The van der Waals surface area contributed by atoms with Gasteiger partial charge in [-0.3, -0.25) is 0 Å². The van der Waals surface area contributed by atoms with Crippen LogP contribution in [-0.4, -0.2) is 29.6 Å². The van der Waals surface area contributed by atoms with Crippen molar-refractivity contribution in [2.45, 2.75) is 50.8 Å². The molecule has 0 saturated carbocycles. The molecule has 20 heavy (non-hydrogen) atoms. The molecule has 0 amide bonds. The van der Waals surface area contributed by atoms with Crippen molar-refractivity contribution >= 4 is 0 Å². The molecule has 6 heteroatoms. The quantitative estimate of drug-likeness (QED) is 0.491. The first-order valence-corrected chi connectivity index (χ1v) is 6.85. The molecule has 0 spiro atoms. The van der Waals surface area contributed by atoms with Crippen LogP contribution in [0.3, 0.4) is 0 Å². The summed E-state index contributed by atoms with van der Waals surface area (Å²) in [6.07, 6.45) is 0.334. The number of azide groups is 1. The van der Waals surface area contributed by atoms with Gasteiger partial charge in [0.05, 0.1) is 12.1 Å². The number of rotatable bonds is 5. The number of ether oxygens (including phenoxy) is 1. The highest BCUT2D eigenvalue weighted by atomic mass is 16.6. The minimum absolute atomic E-state index is 0.0705. The predicted molar refractivity (Wildman–Crippen MR) is 75.8 cm³/mol. The van der Waals surface area contributed by atoms with Gasteiger partial charge in [0.1, 0.15) is 0 Å². The number of nitrogens with zero attached hydrogens (tertiary/aromatic N) is 3. The second kappa shape index (κ2) is 7.26. The summed E-state index contributed by atoms with van der Waals surface area (Å²) in [5, 5.41) is 16.7. The largest absolute Gasteiger partial charge is 0.368 e. The van der Waals surface area contributed by atoms with Gasteiger partial charge < -0.3 is 15.2 Å². The number of hydrogen-bond acceptors (Lipinski definition) is 4. The zero-order chi connectivity index (χ0) is 14.4. The van der Waals surface area contributed by atoms with Gasteiger partial charge in [0, 0.05) is 17.5 Å². The molecule has 1 heterocycles. The summed E-state index contributed by atoms with van der Waals surface area (Å²) in [6, 6.07) is 9.78. The van der Waals surface area contributed by atoms with Crippen LogP contribution in [0.4, 0.5) is 0 Å². The highest BCUT2D eigenvalue weighted by molar-refractivity contribution is 5.14. The first-order chi connectivity index (χ1) is 9.70. The van der Waals surface area contributed by atoms with E-state index in [1.165, 1.54) is 5.56 Å². The van der Waals surface area contributed by atoms with Crippen molar-refractivity contribution < 1.29 is 9.84 Å². The molecule has 1 aromatic carbocycles. The Hall–Kier alpha value is -1.59. The van der Waals surface area contributed by atoms with Gasteiger partial charge in [-0.15, -0.1) is 0 Å². The number of aliphatic hydroxyl groups excluding tert-OH is 1. The fourth-order valence-corrected chi connectivity index (χ4v) is 2.37. The van der Waals surface area contributed by atoms with E-state index in [9.17, 15) is 5.11 Å². The maximum atomic E-state index is 9.79. The lowest BCUT2D eigenvalue weighted by molar-refractivity contribution is -0.178. The summed E-state index contributed by atoms with van der Waals surface area (Å²) < 4.78 is 5.53. The molecule has 1 aliphatic heterocycles. The normalized spacial score (nSPS) is 27.6. The molecule has 1 aliphatic rings. The summed E-state index contributed by atoms with van der Waals surface area (Å²) in [5.41, 5.74) is 9.61. The lowest BCUT2D eigenvalue weighted by Gasteiger charge is -2.34. The molecule has 0 radical (unpaired) electrons. The molecule has 2 unspecified atom stereocenters. The van der Waals surface area contributed by atoms with E-state index in [2.05, 4.69) is 27.5 Å². The molecular formula is C14H20N4O2. The number of benzene rings is 1. The highest BCUT2D eigenvalue weighted by Gasteiger charge is 2.31. The third-order valence-electron chi connectivity index (χ3n) is 3.62. The third kappa shape index (κ3) is 3.95. The van der Waals surface area contributed by atoms with Crippen LogP contribution in [0, 0.1) is 0 Å². The molecule has 1 fully saturated rings. The summed E-state index contributed by atoms with van der Waals surface area (Å²) >= 11 is 0. The molecule has 0 aliphatic carbocycles. The smallest absolute Gasteiger partial charge is 0.163 e. The molecule has 2 rings (SSSR count). The van der Waals surface area contributed by atoms with Gasteiger partial charge in [-0.25, -0.2) is 0 Å². The van der Waals surface area contributed by atoms with Crippen LogP contribution in [-0.2, 0) is 11.3 Å². The Morgan fingerprint density at radius 2 is 2.20 bits per heavy atom. The fraction of sp³-hybridized carbons (Fsp3) is 0.571. The van der Waals surface area contributed by atoms with Gasteiger partial charge in [-0.1, -0.05) is 35.4 Å². The monoisotopic (exact) mass is 276 g/mol. The second-order valence-corrected chi connectivity index (χ2v) is 5.07. The number of aliphatic hydroxyl groups is 1. The van der Waals surface area contributed by atoms with Crippen molar-refractivity contribution in [3.05, 3.63) is 46.3 Å². The maximum Gasteiger partial charge on any atom is 0.163 e. The third-order valence-corrected chi connectivity index (χ3v) is 3.62. The summed E-state index contributed by atoms with van der Waals surface area (Å²) in [6.45, 7) is 2.80. The predicted octanol–water partition coefficient (Wildman–Crippen LogP) is 2.34. The van der Waals surface area contributed by atoms with Crippen LogP contribution in [0.5, 0.6) is 0 Å². The van der Waals surface area contributed by atoms with E-state index >= 15 is 0 Å². The zero-order valence-electron chi connectivity index (χ0n) is 11.5. The van der Waals surface area contributed by atoms with E-state index < -0.39 is 12.3 Å². The summed E-state index contributed by atoms with van der Waals surface area (Å²) in [7, 11) is 0. The Morgan fingerprint density at radius 1 is 1.45 bits per heavy atom. The van der Waals surface area contributed by atoms with Crippen molar-refractivity contribution in [3.8, 4) is 0 Å². The van der Waals surface area contributed by atoms with Gasteiger partial charge in [-0.2, -0.15) is 0 Å². The highest BCUT2D eigenvalue weighted by Crippen LogP contribution is 2.23. The van der Waals surface area contributed by atoms with Crippen LogP contribution in [0.25, 0.3) is 10.4 Å². The van der Waals surface area contributed by atoms with E-state index in [0.717, 1.165) is 13.0 Å². The molecule has 1 aromatic rings.